The maximum Gasteiger partial charge on any atom is 0.159 e. The standard InChI is InChI=1S/C57H40N4O2/c1-4-12-35(13-5-1)38-20-25-44-43-18-10-11-19-49(43)61(50(44)30-38)42-24-29-51-48(34-42)47-27-22-40(32-53(47)62-51)39-21-26-45-46-28-23-41(33-54(46)63-52(45)31-39)57-59-55(36-14-6-2-7-15-36)58-56(60-57)37-16-8-3-9-17-37/h1-2,4-8,10-26,28-34,47,57H,3,9,27H2,(H,58,59,60). The van der Waals surface area contributed by atoms with Crippen molar-refractivity contribution in [2.45, 2.75) is 31.3 Å². The Hall–Kier alpha value is -7.96. The fourth-order valence-electron chi connectivity index (χ4n) is 9.90. The minimum absolute atomic E-state index is 0.152. The van der Waals surface area contributed by atoms with Crippen LogP contribution in [0.15, 0.2) is 214 Å². The SMILES string of the molecule is C1=CC(C2=NC(c3ccc4c(c3)oc3cc(C5=CCC6C(=C5)Oc5ccc(-n7c8ccccc8c8ccc(-c9ccccc9)cc87)cc56)ccc34)NC(c3ccccc3)=N2)=CCC1. The highest BCUT2D eigenvalue weighted by molar-refractivity contribution is 6.14. The lowest BCUT2D eigenvalue weighted by Gasteiger charge is -2.24. The number of benzene rings is 7. The van der Waals surface area contributed by atoms with Gasteiger partial charge in [-0.05, 0) is 96.1 Å². The molecule has 2 aliphatic carbocycles. The summed E-state index contributed by atoms with van der Waals surface area (Å²) in [4.78, 5) is 10.1. The van der Waals surface area contributed by atoms with E-state index in [1.165, 1.54) is 38.5 Å². The van der Waals surface area contributed by atoms with Crippen LogP contribution in [0.3, 0.4) is 0 Å². The highest BCUT2D eigenvalue weighted by Crippen LogP contribution is 2.48. The van der Waals surface area contributed by atoms with E-state index in [2.05, 4.69) is 180 Å². The molecular weight excluding hydrogens is 773 g/mol. The Morgan fingerprint density at radius 3 is 2.21 bits per heavy atom. The van der Waals surface area contributed by atoms with Gasteiger partial charge in [-0.15, -0.1) is 0 Å². The predicted octanol–water partition coefficient (Wildman–Crippen LogP) is 13.9. The topological polar surface area (TPSA) is 64.1 Å². The van der Waals surface area contributed by atoms with Crippen molar-refractivity contribution in [2.75, 3.05) is 0 Å². The highest BCUT2D eigenvalue weighted by Gasteiger charge is 2.32. The molecule has 2 aliphatic heterocycles. The number of para-hydroxylation sites is 1. The lowest BCUT2D eigenvalue weighted by molar-refractivity contribution is 0.426. The van der Waals surface area contributed by atoms with Crippen molar-refractivity contribution in [3.63, 3.8) is 0 Å². The summed E-state index contributed by atoms with van der Waals surface area (Å²) in [5.74, 6) is 3.62. The Balaban J connectivity index is 0.805. The molecule has 1 N–H and O–H groups in total. The van der Waals surface area contributed by atoms with E-state index in [-0.39, 0.29) is 12.1 Å². The molecule has 0 radical (unpaired) electrons. The number of allylic oxidation sites excluding steroid dienone is 6. The van der Waals surface area contributed by atoms with E-state index in [0.29, 0.717) is 0 Å². The molecule has 2 aromatic heterocycles. The van der Waals surface area contributed by atoms with Crippen molar-refractivity contribution in [1.29, 1.82) is 0 Å². The minimum atomic E-state index is -0.315. The third-order valence-corrected chi connectivity index (χ3v) is 13.0. The van der Waals surface area contributed by atoms with Crippen LogP contribution in [-0.2, 0) is 0 Å². The van der Waals surface area contributed by atoms with Gasteiger partial charge in [0, 0.05) is 55.4 Å². The van der Waals surface area contributed by atoms with Crippen LogP contribution in [0, 0.1) is 0 Å². The maximum absolute atomic E-state index is 6.64. The smallest absolute Gasteiger partial charge is 0.159 e. The van der Waals surface area contributed by atoms with E-state index in [1.807, 2.05) is 18.2 Å². The van der Waals surface area contributed by atoms with Crippen molar-refractivity contribution in [3.8, 4) is 22.6 Å². The van der Waals surface area contributed by atoms with Gasteiger partial charge in [0.1, 0.15) is 34.7 Å². The molecule has 0 saturated heterocycles. The molecule has 0 bridgehead atoms. The first-order chi connectivity index (χ1) is 31.2. The monoisotopic (exact) mass is 812 g/mol. The van der Waals surface area contributed by atoms with Crippen molar-refractivity contribution >= 4 is 61.0 Å². The summed E-state index contributed by atoms with van der Waals surface area (Å²) < 4.78 is 15.7. The molecule has 0 spiro atoms. The summed E-state index contributed by atoms with van der Waals surface area (Å²) in [6.07, 6.45) is 13.7. The summed E-state index contributed by atoms with van der Waals surface area (Å²) in [6, 6.07) is 56.1. The van der Waals surface area contributed by atoms with Gasteiger partial charge in [0.2, 0.25) is 0 Å². The second-order valence-corrected chi connectivity index (χ2v) is 16.8. The molecule has 13 rings (SSSR count). The maximum atomic E-state index is 6.64. The molecular formula is C57H40N4O2. The average Bonchev–Trinajstić information content (AvgIpc) is 4.02. The van der Waals surface area contributed by atoms with Gasteiger partial charge in [-0.1, -0.05) is 133 Å². The quantitative estimate of drug-likeness (QED) is 0.182. The number of amidine groups is 2. The molecule has 6 nitrogen and oxygen atoms in total. The number of nitrogens with one attached hydrogen (secondary N) is 1. The molecule has 0 amide bonds. The van der Waals surface area contributed by atoms with Crippen molar-refractivity contribution in [2.24, 2.45) is 9.98 Å². The van der Waals surface area contributed by atoms with Crippen LogP contribution in [0.4, 0.5) is 0 Å². The largest absolute Gasteiger partial charge is 0.461 e. The van der Waals surface area contributed by atoms with Crippen LogP contribution in [0.2, 0.25) is 0 Å². The van der Waals surface area contributed by atoms with E-state index in [4.69, 9.17) is 19.1 Å². The van der Waals surface area contributed by atoms with Crippen LogP contribution < -0.4 is 10.1 Å². The van der Waals surface area contributed by atoms with Crippen LogP contribution in [-0.4, -0.2) is 16.2 Å². The second-order valence-electron chi connectivity index (χ2n) is 16.8. The lowest BCUT2D eigenvalue weighted by Crippen LogP contribution is -2.33. The first-order valence-electron chi connectivity index (χ1n) is 21.8. The molecule has 4 aliphatic rings. The first kappa shape index (κ1) is 35.8. The van der Waals surface area contributed by atoms with Gasteiger partial charge >= 0.3 is 0 Å². The van der Waals surface area contributed by atoms with Gasteiger partial charge in [-0.2, -0.15) is 0 Å². The molecule has 6 heteroatoms. The number of nitrogens with zero attached hydrogens (tertiary/aromatic N) is 3. The highest BCUT2D eigenvalue weighted by atomic mass is 16.5. The summed E-state index contributed by atoms with van der Waals surface area (Å²) in [5, 5.41) is 8.27. The molecule has 0 saturated carbocycles. The molecule has 7 aromatic carbocycles. The van der Waals surface area contributed by atoms with Gasteiger partial charge < -0.3 is 19.0 Å². The van der Waals surface area contributed by atoms with Gasteiger partial charge in [-0.25, -0.2) is 9.98 Å². The zero-order valence-corrected chi connectivity index (χ0v) is 34.3. The second kappa shape index (κ2) is 14.3. The molecule has 63 heavy (non-hydrogen) atoms. The van der Waals surface area contributed by atoms with Crippen LogP contribution in [0.1, 0.15) is 53.6 Å². The minimum Gasteiger partial charge on any atom is -0.461 e. The van der Waals surface area contributed by atoms with Crippen molar-refractivity contribution < 1.29 is 9.15 Å². The van der Waals surface area contributed by atoms with E-state index >= 15 is 0 Å². The van der Waals surface area contributed by atoms with Gasteiger partial charge in [-0.3, -0.25) is 0 Å². The summed E-state index contributed by atoms with van der Waals surface area (Å²) in [7, 11) is 0. The lowest BCUT2D eigenvalue weighted by atomic mass is 9.87. The van der Waals surface area contributed by atoms with Gasteiger partial charge in [0.05, 0.1) is 11.0 Å². The number of rotatable bonds is 6. The van der Waals surface area contributed by atoms with E-state index in [0.717, 1.165) is 97.9 Å². The normalized spacial score (nSPS) is 18.0. The van der Waals surface area contributed by atoms with E-state index in [9.17, 15) is 0 Å². The molecule has 300 valence electrons. The number of fused-ring (bicyclic) bond motifs is 9. The number of ether oxygens (including phenoxy) is 1. The van der Waals surface area contributed by atoms with Gasteiger partial charge in [0.25, 0.3) is 0 Å². The molecule has 2 unspecified atom stereocenters. The average molecular weight is 813 g/mol. The Morgan fingerprint density at radius 1 is 0.587 bits per heavy atom. The summed E-state index contributed by atoms with van der Waals surface area (Å²) >= 11 is 0. The third-order valence-electron chi connectivity index (χ3n) is 13.0. The fourth-order valence-corrected chi connectivity index (χ4v) is 9.90. The Bertz CT molecular complexity index is 3540. The number of hydrogen-bond acceptors (Lipinski definition) is 5. The zero-order valence-electron chi connectivity index (χ0n) is 34.3. The molecule has 2 atom stereocenters. The summed E-state index contributed by atoms with van der Waals surface area (Å²) in [6.45, 7) is 0. The summed E-state index contributed by atoms with van der Waals surface area (Å²) in [5.41, 5.74) is 14.2. The fraction of sp³-hybridized carbons (Fsp3) is 0.0877. The third kappa shape index (κ3) is 6.01. The molecule has 9 aromatic rings. The number of aliphatic imine (C=N–C) groups is 2. The number of furan rings is 1. The molecule has 4 heterocycles. The Kier molecular flexibility index (Phi) is 8.13. The predicted molar refractivity (Wildman–Crippen MR) is 257 cm³/mol. The number of aromatic nitrogens is 1. The zero-order chi connectivity index (χ0) is 41.4. The Labute approximate surface area is 364 Å². The first-order valence-corrected chi connectivity index (χ1v) is 21.8. The van der Waals surface area contributed by atoms with Crippen molar-refractivity contribution in [3.05, 3.63) is 222 Å². The van der Waals surface area contributed by atoms with Crippen LogP contribution >= 0.6 is 0 Å². The van der Waals surface area contributed by atoms with Gasteiger partial charge in [0.15, 0.2) is 5.84 Å². The molecule has 0 fully saturated rings. The van der Waals surface area contributed by atoms with E-state index < -0.39 is 0 Å². The number of hydrogen-bond donors (Lipinski definition) is 1. The Morgan fingerprint density at radius 2 is 1.35 bits per heavy atom. The van der Waals surface area contributed by atoms with Crippen LogP contribution in [0.5, 0.6) is 5.75 Å². The van der Waals surface area contributed by atoms with Crippen LogP contribution in [0.25, 0.3) is 66.1 Å². The van der Waals surface area contributed by atoms with Crippen molar-refractivity contribution in [1.82, 2.24) is 9.88 Å². The van der Waals surface area contributed by atoms with E-state index in [1.54, 1.807) is 0 Å².